The van der Waals surface area contributed by atoms with Crippen molar-refractivity contribution in [3.63, 3.8) is 0 Å². The molecule has 29 heavy (non-hydrogen) atoms. The topological polar surface area (TPSA) is 108 Å². The number of hydrogen-bond donors (Lipinski definition) is 0. The minimum absolute atomic E-state index is 0.197. The maximum Gasteiger partial charge on any atom is 0.278 e. The Bertz CT molecular complexity index is 1110. The molecular weight excluding hydrogens is 372 g/mol. The lowest BCUT2D eigenvalue weighted by Gasteiger charge is -2.29. The van der Waals surface area contributed by atoms with Gasteiger partial charge in [0.05, 0.1) is 17.4 Å². The number of benzene rings is 2. The molecule has 4 rings (SSSR count). The average Bonchev–Trinajstić information content (AvgIpc) is 3.23. The summed E-state index contributed by atoms with van der Waals surface area (Å²) in [6.45, 7) is 0.304. The minimum Gasteiger partial charge on any atom is -0.548 e. The number of aliphatic carboxylic acids is 1. The van der Waals surface area contributed by atoms with E-state index in [9.17, 15) is 19.5 Å². The van der Waals surface area contributed by atoms with Gasteiger partial charge < -0.3 is 14.8 Å². The van der Waals surface area contributed by atoms with Crippen LogP contribution in [0.5, 0.6) is 0 Å². The van der Waals surface area contributed by atoms with Crippen LogP contribution in [0.3, 0.4) is 0 Å². The molecule has 1 aliphatic rings. The fourth-order valence-corrected chi connectivity index (χ4v) is 3.79. The second-order valence-corrected chi connectivity index (χ2v) is 7.07. The summed E-state index contributed by atoms with van der Waals surface area (Å²) in [6, 6.07) is 14.0. The van der Waals surface area contributed by atoms with E-state index in [1.54, 1.807) is 24.3 Å². The van der Waals surface area contributed by atoms with Gasteiger partial charge in [-0.25, -0.2) is 0 Å². The second-order valence-electron chi connectivity index (χ2n) is 7.07. The van der Waals surface area contributed by atoms with Gasteiger partial charge in [0.15, 0.2) is 0 Å². The van der Waals surface area contributed by atoms with Crippen molar-refractivity contribution in [2.45, 2.75) is 31.3 Å². The first kappa shape index (κ1) is 18.8. The Labute approximate surface area is 166 Å². The number of fused-ring (bicyclic) bond motifs is 1. The molecule has 3 aromatic rings. The van der Waals surface area contributed by atoms with Crippen molar-refractivity contribution in [3.8, 4) is 0 Å². The van der Waals surface area contributed by atoms with E-state index in [0.29, 0.717) is 30.3 Å². The molecule has 1 aromatic heterocycles. The van der Waals surface area contributed by atoms with Gasteiger partial charge in [-0.1, -0.05) is 47.7 Å². The Morgan fingerprint density at radius 1 is 1.10 bits per heavy atom. The molecule has 148 valence electrons. The van der Waals surface area contributed by atoms with Crippen molar-refractivity contribution in [1.82, 2.24) is 19.9 Å². The second kappa shape index (κ2) is 7.83. The number of amides is 1. The van der Waals surface area contributed by atoms with Crippen molar-refractivity contribution >= 4 is 22.8 Å². The van der Waals surface area contributed by atoms with E-state index < -0.39 is 29.5 Å². The van der Waals surface area contributed by atoms with Crippen molar-refractivity contribution in [3.05, 3.63) is 70.5 Å². The van der Waals surface area contributed by atoms with E-state index in [1.165, 1.54) is 4.90 Å². The molecule has 0 radical (unpaired) electrons. The zero-order valence-electron chi connectivity index (χ0n) is 15.6. The summed E-state index contributed by atoms with van der Waals surface area (Å²) in [5.74, 6) is -1.75. The molecule has 0 N–H and O–H groups in total. The average molecular weight is 391 g/mol. The van der Waals surface area contributed by atoms with Crippen LogP contribution in [0.25, 0.3) is 10.9 Å². The summed E-state index contributed by atoms with van der Waals surface area (Å²) in [4.78, 5) is 39.2. The summed E-state index contributed by atoms with van der Waals surface area (Å²) in [5.41, 5.74) is 0.833. The number of carbonyl (C=O) groups is 2. The first-order valence-corrected chi connectivity index (χ1v) is 9.46. The Morgan fingerprint density at radius 2 is 1.83 bits per heavy atom. The predicted octanol–water partition coefficient (Wildman–Crippen LogP) is 0.316. The molecule has 8 heteroatoms. The number of aromatic nitrogens is 3. The molecule has 2 aromatic carbocycles. The van der Waals surface area contributed by atoms with Crippen LogP contribution in [0.1, 0.15) is 24.4 Å². The molecule has 2 atom stereocenters. The van der Waals surface area contributed by atoms with Crippen LogP contribution in [-0.4, -0.2) is 44.4 Å². The van der Waals surface area contributed by atoms with E-state index in [1.807, 2.05) is 30.3 Å². The first-order chi connectivity index (χ1) is 14.1. The van der Waals surface area contributed by atoms with E-state index >= 15 is 0 Å². The number of nitrogens with zero attached hydrogens (tertiary/aromatic N) is 4. The van der Waals surface area contributed by atoms with E-state index in [-0.39, 0.29) is 6.42 Å². The zero-order chi connectivity index (χ0) is 20.4. The van der Waals surface area contributed by atoms with Crippen molar-refractivity contribution in [2.75, 3.05) is 6.54 Å². The molecule has 2 heterocycles. The lowest BCUT2D eigenvalue weighted by molar-refractivity contribution is -0.310. The van der Waals surface area contributed by atoms with Crippen molar-refractivity contribution in [1.29, 1.82) is 0 Å². The molecule has 0 unspecified atom stereocenters. The van der Waals surface area contributed by atoms with E-state index in [4.69, 9.17) is 0 Å². The fourth-order valence-electron chi connectivity index (χ4n) is 3.79. The monoisotopic (exact) mass is 391 g/mol. The van der Waals surface area contributed by atoms with Crippen LogP contribution in [0.2, 0.25) is 0 Å². The number of rotatable bonds is 5. The molecule has 0 bridgehead atoms. The van der Waals surface area contributed by atoms with Crippen LogP contribution in [0.4, 0.5) is 0 Å². The number of hydrogen-bond acceptors (Lipinski definition) is 6. The van der Waals surface area contributed by atoms with Gasteiger partial charge in [0.1, 0.15) is 11.6 Å². The third-order valence-corrected chi connectivity index (χ3v) is 5.25. The molecule has 0 saturated carbocycles. The highest BCUT2D eigenvalue weighted by Gasteiger charge is 2.36. The molecular formula is C21H19N4O4-. The van der Waals surface area contributed by atoms with Gasteiger partial charge in [-0.2, -0.15) is 4.68 Å². The maximum absolute atomic E-state index is 13.4. The summed E-state index contributed by atoms with van der Waals surface area (Å²) >= 11 is 0. The molecule has 0 spiro atoms. The molecule has 1 aliphatic heterocycles. The molecule has 8 nitrogen and oxygen atoms in total. The lowest BCUT2D eigenvalue weighted by Crippen LogP contribution is -2.50. The number of likely N-dealkylation sites (tertiary alicyclic amines) is 1. The highest BCUT2D eigenvalue weighted by Crippen LogP contribution is 2.23. The lowest BCUT2D eigenvalue weighted by atomic mass is 10.0. The fraction of sp³-hybridized carbons (Fsp3) is 0.286. The summed E-state index contributed by atoms with van der Waals surface area (Å²) in [5, 5.41) is 19.9. The van der Waals surface area contributed by atoms with Crippen LogP contribution >= 0.6 is 0 Å². The Balaban J connectivity index is 1.79. The van der Waals surface area contributed by atoms with E-state index in [2.05, 4.69) is 10.3 Å². The van der Waals surface area contributed by atoms with Crippen molar-refractivity contribution < 1.29 is 14.7 Å². The van der Waals surface area contributed by atoms with Crippen molar-refractivity contribution in [2.24, 2.45) is 0 Å². The van der Waals surface area contributed by atoms with Crippen LogP contribution in [0, 0.1) is 0 Å². The smallest absolute Gasteiger partial charge is 0.278 e. The number of carboxylic acid groups (broad SMARTS) is 1. The highest BCUT2D eigenvalue weighted by molar-refractivity contribution is 5.86. The molecule has 1 fully saturated rings. The van der Waals surface area contributed by atoms with Crippen LogP contribution in [0.15, 0.2) is 59.4 Å². The maximum atomic E-state index is 13.4. The molecule has 1 amide bonds. The summed E-state index contributed by atoms with van der Waals surface area (Å²) in [7, 11) is 0. The quantitative estimate of drug-likeness (QED) is 0.620. The molecule has 1 saturated heterocycles. The Kier molecular flexibility index (Phi) is 5.07. The molecule has 0 aliphatic carbocycles. The van der Waals surface area contributed by atoms with Gasteiger partial charge in [-0.3, -0.25) is 9.59 Å². The van der Waals surface area contributed by atoms with Gasteiger partial charge >= 0.3 is 0 Å². The predicted molar refractivity (Wildman–Crippen MR) is 103 cm³/mol. The number of carbonyl (C=O) groups excluding carboxylic acids is 2. The largest absolute Gasteiger partial charge is 0.548 e. The van der Waals surface area contributed by atoms with Gasteiger partial charge in [0, 0.05) is 13.0 Å². The van der Waals surface area contributed by atoms with Crippen LogP contribution < -0.4 is 10.7 Å². The van der Waals surface area contributed by atoms with Gasteiger partial charge in [-0.05, 0) is 30.5 Å². The van der Waals surface area contributed by atoms with Crippen LogP contribution in [-0.2, 0) is 16.0 Å². The Morgan fingerprint density at radius 3 is 2.59 bits per heavy atom. The first-order valence-electron chi connectivity index (χ1n) is 9.46. The van der Waals surface area contributed by atoms with Gasteiger partial charge in [0.25, 0.3) is 5.56 Å². The zero-order valence-corrected chi connectivity index (χ0v) is 15.6. The minimum atomic E-state index is -1.29. The summed E-state index contributed by atoms with van der Waals surface area (Å²) in [6.07, 6.45) is 1.11. The van der Waals surface area contributed by atoms with E-state index in [0.717, 1.165) is 10.2 Å². The third kappa shape index (κ3) is 3.61. The summed E-state index contributed by atoms with van der Waals surface area (Å²) < 4.78 is 1.07. The SMILES string of the molecule is O=C([O-])[C@H]1CCCN1C(=O)[C@H](Cc1ccccc1)n1nnc2ccccc2c1=O. The number of carboxylic acids is 1. The highest BCUT2D eigenvalue weighted by atomic mass is 16.4. The normalized spacial score (nSPS) is 17.4. The third-order valence-electron chi connectivity index (χ3n) is 5.25. The standard InChI is InChI=1S/C21H20N4O4/c26-19-15-9-4-5-10-16(15)22-23-25(19)18(13-14-7-2-1-3-8-14)20(27)24-12-6-11-17(24)21(28)29/h1-5,7-10,17-18H,6,11-13H2,(H,28,29)/p-1/t17-,18+/m1/s1. The van der Waals surface area contributed by atoms with Gasteiger partial charge in [-0.15, -0.1) is 5.10 Å². The van der Waals surface area contributed by atoms with Gasteiger partial charge in [0.2, 0.25) is 5.91 Å². The Hall–Kier alpha value is -3.55.